The molecule has 1 aromatic rings. The minimum Gasteiger partial charge on any atom is -0.598 e. The van der Waals surface area contributed by atoms with Crippen molar-refractivity contribution < 1.29 is 13.7 Å². The molecule has 0 fully saturated rings. The summed E-state index contributed by atoms with van der Waals surface area (Å²) in [6.45, 7) is 7.86. The SMILES string of the molecule is COCc1ccc(F)c(C(C)N[S+]([O-])C(C)(C)C)c1. The van der Waals surface area contributed by atoms with Gasteiger partial charge in [0.25, 0.3) is 0 Å². The smallest absolute Gasteiger partial charge is 0.136 e. The van der Waals surface area contributed by atoms with Gasteiger partial charge in [-0.05, 0) is 45.4 Å². The molecule has 2 unspecified atom stereocenters. The Balaban J connectivity index is 2.86. The molecule has 1 N–H and O–H groups in total. The van der Waals surface area contributed by atoms with Gasteiger partial charge < -0.3 is 9.29 Å². The molecule has 0 aliphatic rings. The van der Waals surface area contributed by atoms with Gasteiger partial charge in [-0.2, -0.15) is 0 Å². The summed E-state index contributed by atoms with van der Waals surface area (Å²) in [6, 6.07) is 4.53. The maximum absolute atomic E-state index is 13.8. The van der Waals surface area contributed by atoms with Gasteiger partial charge in [0.2, 0.25) is 0 Å². The number of ether oxygens (including phenoxy) is 1. The van der Waals surface area contributed by atoms with Gasteiger partial charge in [-0.1, -0.05) is 6.07 Å². The predicted octanol–water partition coefficient (Wildman–Crippen LogP) is 3.08. The van der Waals surface area contributed by atoms with E-state index in [-0.39, 0.29) is 16.6 Å². The number of hydrogen-bond donors (Lipinski definition) is 1. The third-order valence-electron chi connectivity index (χ3n) is 2.68. The second kappa shape index (κ2) is 6.70. The normalized spacial score (nSPS) is 15.3. The van der Waals surface area contributed by atoms with Crippen LogP contribution in [0.1, 0.15) is 44.9 Å². The molecular formula is C14H22FNO2S. The third kappa shape index (κ3) is 4.76. The Labute approximate surface area is 117 Å². The van der Waals surface area contributed by atoms with Gasteiger partial charge in [-0.15, -0.1) is 4.72 Å². The fourth-order valence-corrected chi connectivity index (χ4v) is 2.38. The maximum Gasteiger partial charge on any atom is 0.136 e. The average molecular weight is 287 g/mol. The van der Waals surface area contributed by atoms with E-state index >= 15 is 0 Å². The Kier molecular flexibility index (Phi) is 5.80. The lowest BCUT2D eigenvalue weighted by Crippen LogP contribution is -2.40. The van der Waals surface area contributed by atoms with Crippen LogP contribution in [0.25, 0.3) is 0 Å². The summed E-state index contributed by atoms with van der Waals surface area (Å²) in [5.74, 6) is -0.300. The van der Waals surface area contributed by atoms with E-state index in [1.807, 2.05) is 20.8 Å². The third-order valence-corrected chi connectivity index (χ3v) is 4.36. The highest BCUT2D eigenvalue weighted by Crippen LogP contribution is 2.22. The van der Waals surface area contributed by atoms with Crippen LogP contribution in [0.2, 0.25) is 0 Å². The van der Waals surface area contributed by atoms with Crippen molar-refractivity contribution in [2.75, 3.05) is 7.11 Å². The van der Waals surface area contributed by atoms with Crippen LogP contribution in [0.3, 0.4) is 0 Å². The first kappa shape index (κ1) is 16.4. The molecule has 0 aromatic heterocycles. The van der Waals surface area contributed by atoms with Crippen LogP contribution in [0.4, 0.5) is 4.39 Å². The highest BCUT2D eigenvalue weighted by molar-refractivity contribution is 7.90. The van der Waals surface area contributed by atoms with Gasteiger partial charge >= 0.3 is 0 Å². The summed E-state index contributed by atoms with van der Waals surface area (Å²) in [4.78, 5) is 0. The van der Waals surface area contributed by atoms with Crippen molar-refractivity contribution in [1.82, 2.24) is 4.72 Å². The fourth-order valence-electron chi connectivity index (χ4n) is 1.58. The lowest BCUT2D eigenvalue weighted by Gasteiger charge is -2.26. The number of hydrogen-bond acceptors (Lipinski definition) is 3. The molecule has 19 heavy (non-hydrogen) atoms. The molecule has 5 heteroatoms. The second-order valence-corrected chi connectivity index (χ2v) is 7.51. The predicted molar refractivity (Wildman–Crippen MR) is 76.6 cm³/mol. The minimum absolute atomic E-state index is 0.300. The molecule has 0 radical (unpaired) electrons. The molecule has 0 aliphatic heterocycles. The summed E-state index contributed by atoms with van der Waals surface area (Å²) in [6.07, 6.45) is 0. The van der Waals surface area contributed by atoms with Gasteiger partial charge in [0.05, 0.1) is 12.6 Å². The Hall–Kier alpha value is -0.620. The monoisotopic (exact) mass is 287 g/mol. The molecule has 3 nitrogen and oxygen atoms in total. The van der Waals surface area contributed by atoms with Crippen molar-refractivity contribution in [2.24, 2.45) is 0 Å². The van der Waals surface area contributed by atoms with Crippen molar-refractivity contribution in [3.8, 4) is 0 Å². The lowest BCUT2D eigenvalue weighted by atomic mass is 10.1. The van der Waals surface area contributed by atoms with Gasteiger partial charge in [0.1, 0.15) is 10.6 Å². The highest BCUT2D eigenvalue weighted by Gasteiger charge is 2.29. The van der Waals surface area contributed by atoms with Gasteiger partial charge in [-0.3, -0.25) is 0 Å². The number of benzene rings is 1. The molecule has 1 aromatic carbocycles. The van der Waals surface area contributed by atoms with E-state index in [1.54, 1.807) is 26.2 Å². The number of methoxy groups -OCH3 is 1. The van der Waals surface area contributed by atoms with E-state index in [4.69, 9.17) is 4.74 Å². The van der Waals surface area contributed by atoms with Crippen molar-refractivity contribution in [3.63, 3.8) is 0 Å². The first-order valence-electron chi connectivity index (χ1n) is 6.21. The quantitative estimate of drug-likeness (QED) is 0.846. The Morgan fingerprint density at radius 1 is 1.42 bits per heavy atom. The fraction of sp³-hybridized carbons (Fsp3) is 0.571. The van der Waals surface area contributed by atoms with Crippen LogP contribution < -0.4 is 4.72 Å². The van der Waals surface area contributed by atoms with E-state index in [9.17, 15) is 8.94 Å². The van der Waals surface area contributed by atoms with E-state index < -0.39 is 11.4 Å². The molecule has 0 amide bonds. The highest BCUT2D eigenvalue weighted by atomic mass is 32.2. The summed E-state index contributed by atoms with van der Waals surface area (Å²) >= 11 is -1.23. The van der Waals surface area contributed by atoms with Gasteiger partial charge in [-0.25, -0.2) is 4.39 Å². The molecule has 0 saturated heterocycles. The average Bonchev–Trinajstić information content (AvgIpc) is 2.30. The summed E-state index contributed by atoms with van der Waals surface area (Å²) in [5.41, 5.74) is 1.40. The summed E-state index contributed by atoms with van der Waals surface area (Å²) in [5, 5.41) is 0. The molecule has 0 spiro atoms. The number of halogens is 1. The lowest BCUT2D eigenvalue weighted by molar-refractivity contribution is 0.184. The van der Waals surface area contributed by atoms with E-state index in [2.05, 4.69) is 4.72 Å². The second-order valence-electron chi connectivity index (χ2n) is 5.51. The first-order valence-corrected chi connectivity index (χ1v) is 7.36. The minimum atomic E-state index is -1.23. The Morgan fingerprint density at radius 2 is 2.05 bits per heavy atom. The zero-order chi connectivity index (χ0) is 14.6. The number of nitrogens with one attached hydrogen (secondary N) is 1. The zero-order valence-electron chi connectivity index (χ0n) is 12.1. The maximum atomic E-state index is 13.8. The van der Waals surface area contributed by atoms with Crippen molar-refractivity contribution in [3.05, 3.63) is 35.1 Å². The van der Waals surface area contributed by atoms with Crippen LogP contribution in [-0.2, 0) is 22.7 Å². The number of rotatable bonds is 5. The van der Waals surface area contributed by atoms with Crippen molar-refractivity contribution in [1.29, 1.82) is 0 Å². The molecule has 0 bridgehead atoms. The first-order chi connectivity index (χ1) is 8.75. The van der Waals surface area contributed by atoms with Crippen LogP contribution >= 0.6 is 0 Å². The molecule has 108 valence electrons. The van der Waals surface area contributed by atoms with Crippen LogP contribution in [-0.4, -0.2) is 16.4 Å². The molecule has 2 atom stereocenters. The Bertz CT molecular complexity index is 420. The van der Waals surface area contributed by atoms with Crippen molar-refractivity contribution in [2.45, 2.75) is 45.1 Å². The van der Waals surface area contributed by atoms with E-state index in [0.29, 0.717) is 12.2 Å². The van der Waals surface area contributed by atoms with Crippen molar-refractivity contribution >= 4 is 11.4 Å². The summed E-state index contributed by atoms with van der Waals surface area (Å²) < 4.78 is 33.4. The molecule has 1 rings (SSSR count). The van der Waals surface area contributed by atoms with E-state index in [1.165, 1.54) is 6.07 Å². The molecule has 0 saturated carbocycles. The molecule has 0 aliphatic carbocycles. The topological polar surface area (TPSA) is 44.3 Å². The van der Waals surface area contributed by atoms with Gasteiger partial charge in [0.15, 0.2) is 0 Å². The Morgan fingerprint density at radius 3 is 2.58 bits per heavy atom. The standard InChI is InChI=1S/C14H22FNO2S/c1-10(16-19(17)14(2,3)4)12-8-11(9-18-5)6-7-13(12)15/h6-8,10,16H,9H2,1-5H3. The molecule has 0 heterocycles. The molecular weight excluding hydrogens is 265 g/mol. The summed E-state index contributed by atoms with van der Waals surface area (Å²) in [7, 11) is 1.60. The zero-order valence-corrected chi connectivity index (χ0v) is 12.9. The van der Waals surface area contributed by atoms with Crippen LogP contribution in [0.5, 0.6) is 0 Å². The van der Waals surface area contributed by atoms with E-state index in [0.717, 1.165) is 5.56 Å². The largest absolute Gasteiger partial charge is 0.598 e. The van der Waals surface area contributed by atoms with Gasteiger partial charge in [0, 0.05) is 24.0 Å². The van der Waals surface area contributed by atoms with Crippen LogP contribution in [0.15, 0.2) is 18.2 Å². The van der Waals surface area contributed by atoms with Crippen LogP contribution in [0, 0.1) is 5.82 Å².